The van der Waals surface area contributed by atoms with Gasteiger partial charge in [-0.25, -0.2) is 0 Å². The molecule has 1 amide bonds. The molecule has 2 aromatic carbocycles. The van der Waals surface area contributed by atoms with Gasteiger partial charge in [-0.05, 0) is 44.0 Å². The number of nitrogens with zero attached hydrogens (tertiary/aromatic N) is 3. The monoisotopic (exact) mass is 422 g/mol. The van der Waals surface area contributed by atoms with Crippen LogP contribution in [0.3, 0.4) is 0 Å². The van der Waals surface area contributed by atoms with Gasteiger partial charge in [-0.1, -0.05) is 22.8 Å². The van der Waals surface area contributed by atoms with E-state index in [1.165, 1.54) is 5.56 Å². The van der Waals surface area contributed by atoms with Gasteiger partial charge >= 0.3 is 6.01 Å². The zero-order valence-corrected chi connectivity index (χ0v) is 17.9. The van der Waals surface area contributed by atoms with Crippen molar-refractivity contribution in [3.05, 3.63) is 48.0 Å². The number of rotatable bonds is 6. The highest BCUT2D eigenvalue weighted by atomic mass is 16.5. The van der Waals surface area contributed by atoms with Gasteiger partial charge in [0.05, 0.1) is 14.2 Å². The van der Waals surface area contributed by atoms with Crippen LogP contribution in [-0.4, -0.2) is 43.4 Å². The summed E-state index contributed by atoms with van der Waals surface area (Å²) in [6, 6.07) is 13.8. The lowest BCUT2D eigenvalue weighted by Crippen LogP contribution is -2.38. The number of hydrogen-bond acceptors (Lipinski definition) is 7. The van der Waals surface area contributed by atoms with Crippen LogP contribution in [0.25, 0.3) is 11.5 Å². The summed E-state index contributed by atoms with van der Waals surface area (Å²) in [5.74, 6) is 1.62. The number of anilines is 2. The zero-order chi connectivity index (χ0) is 21.8. The van der Waals surface area contributed by atoms with Gasteiger partial charge in [0.2, 0.25) is 11.8 Å². The van der Waals surface area contributed by atoms with Crippen LogP contribution in [0.1, 0.15) is 18.4 Å². The van der Waals surface area contributed by atoms with E-state index in [4.69, 9.17) is 13.9 Å². The van der Waals surface area contributed by atoms with Crippen LogP contribution in [0.5, 0.6) is 11.5 Å². The summed E-state index contributed by atoms with van der Waals surface area (Å²) >= 11 is 0. The quantitative estimate of drug-likeness (QED) is 0.644. The molecule has 1 aromatic heterocycles. The predicted molar refractivity (Wildman–Crippen MR) is 118 cm³/mol. The summed E-state index contributed by atoms with van der Waals surface area (Å²) in [5, 5.41) is 11.3. The van der Waals surface area contributed by atoms with E-state index in [0.717, 1.165) is 5.56 Å². The lowest BCUT2D eigenvalue weighted by atomic mass is 9.96. The first-order valence-corrected chi connectivity index (χ1v) is 10.3. The fourth-order valence-electron chi connectivity index (χ4n) is 3.65. The highest BCUT2D eigenvalue weighted by Crippen LogP contribution is 2.31. The van der Waals surface area contributed by atoms with Crippen molar-refractivity contribution < 1.29 is 18.7 Å². The Labute approximate surface area is 181 Å². The number of carbonyl (C=O) groups is 1. The minimum atomic E-state index is -0.0798. The van der Waals surface area contributed by atoms with Gasteiger partial charge in [0.1, 0.15) is 0 Å². The third kappa shape index (κ3) is 4.63. The molecule has 1 aliphatic rings. The Morgan fingerprint density at radius 3 is 2.42 bits per heavy atom. The number of aryl methyl sites for hydroxylation is 1. The summed E-state index contributed by atoms with van der Waals surface area (Å²) in [5.41, 5.74) is 2.76. The molecule has 1 N–H and O–H groups in total. The van der Waals surface area contributed by atoms with Crippen molar-refractivity contribution in [3.63, 3.8) is 0 Å². The van der Waals surface area contributed by atoms with Crippen LogP contribution < -0.4 is 19.7 Å². The lowest BCUT2D eigenvalue weighted by molar-refractivity contribution is -0.120. The number of piperidine rings is 1. The maximum Gasteiger partial charge on any atom is 0.318 e. The van der Waals surface area contributed by atoms with Crippen LogP contribution in [0.2, 0.25) is 0 Å². The van der Waals surface area contributed by atoms with E-state index in [1.807, 2.05) is 36.1 Å². The van der Waals surface area contributed by atoms with Crippen molar-refractivity contribution in [3.8, 4) is 23.0 Å². The van der Waals surface area contributed by atoms with Crippen molar-refractivity contribution in [1.82, 2.24) is 10.2 Å². The summed E-state index contributed by atoms with van der Waals surface area (Å²) < 4.78 is 16.4. The highest BCUT2D eigenvalue weighted by Gasteiger charge is 2.27. The largest absolute Gasteiger partial charge is 0.493 e. The van der Waals surface area contributed by atoms with Crippen molar-refractivity contribution in [2.45, 2.75) is 19.8 Å². The van der Waals surface area contributed by atoms with E-state index >= 15 is 0 Å². The molecule has 162 valence electrons. The first kappa shape index (κ1) is 20.7. The molecule has 31 heavy (non-hydrogen) atoms. The number of methoxy groups -OCH3 is 2. The third-order valence-corrected chi connectivity index (χ3v) is 5.50. The third-order valence-electron chi connectivity index (χ3n) is 5.50. The number of aromatic nitrogens is 2. The molecule has 3 aromatic rings. The molecular formula is C23H26N4O4. The SMILES string of the molecule is COc1ccc(NC(=O)C2CCN(c3nnc(-c4ccc(C)cc4)o3)CC2)cc1OC. The van der Waals surface area contributed by atoms with Crippen molar-refractivity contribution in [2.24, 2.45) is 5.92 Å². The second-order valence-corrected chi connectivity index (χ2v) is 7.58. The molecule has 0 spiro atoms. The zero-order valence-electron chi connectivity index (χ0n) is 17.9. The molecule has 0 atom stereocenters. The Hall–Kier alpha value is -3.55. The molecule has 1 aliphatic heterocycles. The number of carbonyl (C=O) groups excluding carboxylic acids is 1. The molecule has 4 rings (SSSR count). The van der Waals surface area contributed by atoms with E-state index in [1.54, 1.807) is 32.4 Å². The molecule has 1 fully saturated rings. The first-order chi connectivity index (χ1) is 15.1. The Bertz CT molecular complexity index is 1040. The van der Waals surface area contributed by atoms with Crippen LogP contribution >= 0.6 is 0 Å². The minimum absolute atomic E-state index is 0.00209. The molecule has 8 nitrogen and oxygen atoms in total. The summed E-state index contributed by atoms with van der Waals surface area (Å²) in [7, 11) is 3.15. The number of amides is 1. The van der Waals surface area contributed by atoms with Gasteiger partial charge in [-0.15, -0.1) is 5.10 Å². The smallest absolute Gasteiger partial charge is 0.318 e. The second kappa shape index (κ2) is 9.07. The van der Waals surface area contributed by atoms with E-state index in [2.05, 4.69) is 15.5 Å². The number of hydrogen-bond donors (Lipinski definition) is 1. The van der Waals surface area contributed by atoms with Crippen LogP contribution in [0.15, 0.2) is 46.9 Å². The Morgan fingerprint density at radius 2 is 1.74 bits per heavy atom. The average Bonchev–Trinajstić information content (AvgIpc) is 3.30. The molecular weight excluding hydrogens is 396 g/mol. The lowest BCUT2D eigenvalue weighted by Gasteiger charge is -2.29. The Kier molecular flexibility index (Phi) is 6.06. The standard InChI is InChI=1S/C23H26N4O4/c1-15-4-6-17(7-5-15)22-25-26-23(31-22)27-12-10-16(11-13-27)21(28)24-18-8-9-19(29-2)20(14-18)30-3/h4-9,14,16H,10-13H2,1-3H3,(H,24,28). The first-order valence-electron chi connectivity index (χ1n) is 10.3. The van der Waals surface area contributed by atoms with Crippen molar-refractivity contribution >= 4 is 17.6 Å². The molecule has 8 heteroatoms. The highest BCUT2D eigenvalue weighted by molar-refractivity contribution is 5.93. The topological polar surface area (TPSA) is 89.7 Å². The maximum atomic E-state index is 12.7. The van der Waals surface area contributed by atoms with Crippen LogP contribution in [-0.2, 0) is 4.79 Å². The van der Waals surface area contributed by atoms with Gasteiger partial charge in [0.25, 0.3) is 0 Å². The fraction of sp³-hybridized carbons (Fsp3) is 0.348. The van der Waals surface area contributed by atoms with Gasteiger partial charge in [0.15, 0.2) is 11.5 Å². The number of nitrogens with one attached hydrogen (secondary N) is 1. The molecule has 0 bridgehead atoms. The molecule has 1 saturated heterocycles. The normalized spacial score (nSPS) is 14.4. The van der Waals surface area contributed by atoms with Gasteiger partial charge in [-0.2, -0.15) is 0 Å². The van der Waals surface area contributed by atoms with Gasteiger partial charge < -0.3 is 24.1 Å². The van der Waals surface area contributed by atoms with Gasteiger partial charge in [-0.3, -0.25) is 4.79 Å². The maximum absolute atomic E-state index is 12.7. The van der Waals surface area contributed by atoms with E-state index in [0.29, 0.717) is 55.0 Å². The van der Waals surface area contributed by atoms with E-state index in [9.17, 15) is 4.79 Å². The predicted octanol–water partition coefficient (Wildman–Crippen LogP) is 3.92. The molecule has 0 saturated carbocycles. The summed E-state index contributed by atoms with van der Waals surface area (Å²) in [6.45, 7) is 3.40. The summed E-state index contributed by atoms with van der Waals surface area (Å²) in [6.07, 6.45) is 1.42. The van der Waals surface area contributed by atoms with Crippen LogP contribution in [0.4, 0.5) is 11.7 Å². The van der Waals surface area contributed by atoms with Crippen molar-refractivity contribution in [1.29, 1.82) is 0 Å². The Morgan fingerprint density at radius 1 is 1.03 bits per heavy atom. The molecule has 0 aliphatic carbocycles. The van der Waals surface area contributed by atoms with Crippen molar-refractivity contribution in [2.75, 3.05) is 37.5 Å². The minimum Gasteiger partial charge on any atom is -0.493 e. The molecule has 2 heterocycles. The number of ether oxygens (including phenoxy) is 2. The van der Waals surface area contributed by atoms with Crippen LogP contribution in [0, 0.1) is 12.8 Å². The Balaban J connectivity index is 1.34. The average molecular weight is 422 g/mol. The fourth-order valence-corrected chi connectivity index (χ4v) is 3.65. The van der Waals surface area contributed by atoms with E-state index < -0.39 is 0 Å². The number of benzene rings is 2. The molecule has 0 unspecified atom stereocenters. The summed E-state index contributed by atoms with van der Waals surface area (Å²) in [4.78, 5) is 14.8. The molecule has 0 radical (unpaired) electrons. The van der Waals surface area contributed by atoms with Gasteiger partial charge in [0, 0.05) is 36.3 Å². The van der Waals surface area contributed by atoms with E-state index in [-0.39, 0.29) is 11.8 Å². The second-order valence-electron chi connectivity index (χ2n) is 7.58.